The van der Waals surface area contributed by atoms with E-state index in [9.17, 15) is 14.7 Å². The van der Waals surface area contributed by atoms with Crippen molar-refractivity contribution in [1.82, 2.24) is 19.2 Å². The van der Waals surface area contributed by atoms with Gasteiger partial charge in [-0.25, -0.2) is 23.5 Å². The summed E-state index contributed by atoms with van der Waals surface area (Å²) in [4.78, 5) is 37.5. The predicted molar refractivity (Wildman–Crippen MR) is 176 cm³/mol. The number of imidazole rings is 1. The number of amidine groups is 1. The number of amides is 2. The van der Waals surface area contributed by atoms with Gasteiger partial charge in [-0.15, -0.1) is 0 Å². The lowest BCUT2D eigenvalue weighted by Gasteiger charge is -2.37. The quantitative estimate of drug-likeness (QED) is 0.162. The van der Waals surface area contributed by atoms with E-state index in [4.69, 9.17) is 15.0 Å². The second-order valence-electron chi connectivity index (χ2n) is 13.2. The summed E-state index contributed by atoms with van der Waals surface area (Å²) in [6.07, 6.45) is 3.27. The van der Waals surface area contributed by atoms with E-state index in [0.717, 1.165) is 22.7 Å². The van der Waals surface area contributed by atoms with E-state index >= 15 is 8.78 Å². The number of carbonyl (C=O) groups is 2. The van der Waals surface area contributed by atoms with Gasteiger partial charge in [0.05, 0.1) is 11.1 Å². The predicted octanol–water partition coefficient (Wildman–Crippen LogP) is 6.27. The largest absolute Gasteiger partial charge is 0.465 e. The van der Waals surface area contributed by atoms with Crippen LogP contribution in [0.3, 0.4) is 0 Å². The molecule has 242 valence electrons. The highest BCUT2D eigenvalue weighted by Gasteiger charge is 2.71. The van der Waals surface area contributed by atoms with Crippen LogP contribution < -0.4 is 0 Å². The molecule has 14 heteroatoms. The molecule has 1 aromatic carbocycles. The van der Waals surface area contributed by atoms with Gasteiger partial charge in [0.15, 0.2) is 11.0 Å². The first kappa shape index (κ1) is 33.3. The number of halogens is 2. The molecule has 2 amide bonds. The summed E-state index contributed by atoms with van der Waals surface area (Å²) < 4.78 is 37.5. The number of benzene rings is 1. The average molecular weight is 667 g/mol. The Morgan fingerprint density at radius 3 is 2.65 bits per heavy atom. The van der Waals surface area contributed by atoms with Gasteiger partial charge in [-0.3, -0.25) is 9.79 Å². The molecule has 3 aromatic rings. The number of rotatable bonds is 9. The molecule has 1 saturated carbocycles. The molecule has 2 aliphatic rings. The van der Waals surface area contributed by atoms with Crippen LogP contribution in [0.4, 0.5) is 13.6 Å². The molecule has 10 nitrogen and oxygen atoms in total. The first-order valence-electron chi connectivity index (χ1n) is 14.7. The second kappa shape index (κ2) is 12.3. The molecule has 0 spiro atoms. The molecule has 5 rings (SSSR count). The van der Waals surface area contributed by atoms with Gasteiger partial charge in [-0.05, 0) is 55.3 Å². The highest BCUT2D eigenvalue weighted by molar-refractivity contribution is 8.16. The number of hydrogen-bond acceptors (Lipinski definition) is 7. The number of fused-ring (bicyclic) bond motifs is 2. The van der Waals surface area contributed by atoms with Crippen LogP contribution in [0.25, 0.3) is 17.6 Å². The van der Waals surface area contributed by atoms with E-state index in [0.29, 0.717) is 29.8 Å². The number of pyridine rings is 1. The highest BCUT2D eigenvalue weighted by atomic mass is 32.2. The molecule has 0 bridgehead atoms. The van der Waals surface area contributed by atoms with Gasteiger partial charge in [-0.2, -0.15) is 5.26 Å². The summed E-state index contributed by atoms with van der Waals surface area (Å²) in [7, 11) is 1.82. The average Bonchev–Trinajstić information content (AvgIpc) is 3.59. The van der Waals surface area contributed by atoms with E-state index in [-0.39, 0.29) is 29.1 Å². The van der Waals surface area contributed by atoms with Gasteiger partial charge in [0.2, 0.25) is 5.91 Å². The zero-order valence-electron chi connectivity index (χ0n) is 26.5. The maximum absolute atomic E-state index is 15.7. The van der Waals surface area contributed by atoms with Crippen molar-refractivity contribution in [3.05, 3.63) is 70.9 Å². The number of nitriles is 1. The standard InChI is InChI=1S/C32H36F2N6O4SSi/c1-31(22-13-20(7-9-23(22)33)14-24(34)25-18-39-17-21(16-35)8-10-27(39)36-25)26-15-32(26,28(41)38(2)3)45-29(37-31)40(30(42)43)19-44-11-12-46(4,5)6/h7-10,13-14,17-18,26H,11-12,15,19H2,1-6H3,(H,42,43)/b24-14-/t26-,31+,32-/m0/s1. The van der Waals surface area contributed by atoms with Crippen molar-refractivity contribution >= 4 is 54.6 Å². The number of carbonyl (C=O) groups excluding carboxylic acids is 1. The molecular formula is C32H36F2N6O4SSi. The van der Waals surface area contributed by atoms with E-state index in [1.165, 1.54) is 35.4 Å². The zero-order chi connectivity index (χ0) is 33.6. The van der Waals surface area contributed by atoms with Gasteiger partial charge >= 0.3 is 6.09 Å². The molecule has 1 N–H and O–H groups in total. The van der Waals surface area contributed by atoms with Crippen molar-refractivity contribution in [3.8, 4) is 6.07 Å². The minimum absolute atomic E-state index is 0.0329. The fourth-order valence-corrected chi connectivity index (χ4v) is 8.08. The third-order valence-electron chi connectivity index (χ3n) is 8.29. The Bertz CT molecular complexity index is 1820. The van der Waals surface area contributed by atoms with Gasteiger partial charge in [0.1, 0.15) is 34.7 Å². The summed E-state index contributed by atoms with van der Waals surface area (Å²) in [5.41, 5.74) is -0.0235. The Morgan fingerprint density at radius 2 is 2.00 bits per heavy atom. The summed E-state index contributed by atoms with van der Waals surface area (Å²) in [6.45, 7) is 8.34. The Kier molecular flexibility index (Phi) is 8.89. The Labute approximate surface area is 271 Å². The normalized spacial score (nSPS) is 22.5. The number of aliphatic imine (C=N–C) groups is 1. The molecule has 2 aromatic heterocycles. The lowest BCUT2D eigenvalue weighted by molar-refractivity contribution is -0.129. The topological polar surface area (TPSA) is 124 Å². The van der Waals surface area contributed by atoms with Crippen molar-refractivity contribution in [2.45, 2.75) is 49.3 Å². The maximum Gasteiger partial charge on any atom is 0.415 e. The summed E-state index contributed by atoms with van der Waals surface area (Å²) in [6, 6.07) is 10.2. The van der Waals surface area contributed by atoms with Crippen LogP contribution in [0.2, 0.25) is 25.7 Å². The minimum atomic E-state index is -1.43. The van der Waals surface area contributed by atoms with Crippen molar-refractivity contribution in [3.63, 3.8) is 0 Å². The molecule has 3 atom stereocenters. The highest BCUT2D eigenvalue weighted by Crippen LogP contribution is 2.67. The van der Waals surface area contributed by atoms with E-state index in [2.05, 4.69) is 24.6 Å². The van der Waals surface area contributed by atoms with Crippen LogP contribution in [0.15, 0.2) is 47.7 Å². The first-order valence-corrected chi connectivity index (χ1v) is 19.3. The second-order valence-corrected chi connectivity index (χ2v) is 20.1. The van der Waals surface area contributed by atoms with Gasteiger partial charge in [-0.1, -0.05) is 37.5 Å². The van der Waals surface area contributed by atoms with Crippen molar-refractivity contribution in [2.75, 3.05) is 27.4 Å². The van der Waals surface area contributed by atoms with Crippen molar-refractivity contribution in [1.29, 1.82) is 5.26 Å². The van der Waals surface area contributed by atoms with Crippen LogP contribution in [0.5, 0.6) is 0 Å². The third kappa shape index (κ3) is 6.44. The molecule has 3 heterocycles. The molecular weight excluding hydrogens is 631 g/mol. The van der Waals surface area contributed by atoms with Gasteiger partial charge in [0, 0.05) is 52.7 Å². The number of ether oxygens (including phenoxy) is 1. The molecule has 1 aliphatic carbocycles. The van der Waals surface area contributed by atoms with Crippen molar-refractivity contribution in [2.24, 2.45) is 10.9 Å². The molecule has 0 saturated heterocycles. The Balaban J connectivity index is 1.53. The van der Waals surface area contributed by atoms with Gasteiger partial charge in [0.25, 0.3) is 0 Å². The molecule has 1 aliphatic heterocycles. The Hall–Kier alpha value is -4.06. The zero-order valence-corrected chi connectivity index (χ0v) is 28.4. The number of aromatic nitrogens is 2. The molecule has 1 fully saturated rings. The lowest BCUT2D eigenvalue weighted by atomic mass is 9.84. The minimum Gasteiger partial charge on any atom is -0.465 e. The molecule has 0 radical (unpaired) electrons. The number of nitrogens with zero attached hydrogens (tertiary/aromatic N) is 6. The van der Waals surface area contributed by atoms with Crippen LogP contribution in [-0.2, 0) is 15.1 Å². The summed E-state index contributed by atoms with van der Waals surface area (Å²) in [5, 5.41) is 19.4. The van der Waals surface area contributed by atoms with Crippen LogP contribution in [-0.4, -0.2) is 81.7 Å². The SMILES string of the molecule is CN(C)C(=O)[C@]12C[C@H]1[C@@](C)(c1cc(/C=C(\F)c3cn4cc(C#N)ccc4n3)ccc1F)N=C(N(COCC[Si](C)(C)C)C(=O)O)S2. The fraction of sp³-hybridized carbons (Fsp3) is 0.406. The van der Waals surface area contributed by atoms with Crippen molar-refractivity contribution < 1.29 is 28.2 Å². The lowest BCUT2D eigenvalue weighted by Crippen LogP contribution is -2.47. The smallest absolute Gasteiger partial charge is 0.415 e. The number of thioether (sulfide) groups is 1. The first-order chi connectivity index (χ1) is 21.6. The number of hydrogen-bond donors (Lipinski definition) is 1. The van der Waals surface area contributed by atoms with Crippen LogP contribution >= 0.6 is 11.8 Å². The van der Waals surface area contributed by atoms with E-state index in [1.807, 2.05) is 6.07 Å². The summed E-state index contributed by atoms with van der Waals surface area (Å²) >= 11 is 1.07. The van der Waals surface area contributed by atoms with E-state index in [1.54, 1.807) is 43.7 Å². The van der Waals surface area contributed by atoms with Crippen LogP contribution in [0.1, 0.15) is 35.7 Å². The number of carboxylic acid groups (broad SMARTS) is 1. The Morgan fingerprint density at radius 1 is 1.26 bits per heavy atom. The third-order valence-corrected chi connectivity index (χ3v) is 11.5. The maximum atomic E-state index is 15.7. The monoisotopic (exact) mass is 666 g/mol. The summed E-state index contributed by atoms with van der Waals surface area (Å²) in [5.74, 6) is -1.96. The fourth-order valence-electron chi connectivity index (χ4n) is 5.63. The molecule has 46 heavy (non-hydrogen) atoms. The van der Waals surface area contributed by atoms with Crippen LogP contribution in [0, 0.1) is 23.1 Å². The van der Waals surface area contributed by atoms with Gasteiger partial charge < -0.3 is 19.1 Å². The van der Waals surface area contributed by atoms with E-state index < -0.39 is 42.0 Å². The molecule has 0 unspecified atom stereocenters.